The molecule has 2 aromatic carbocycles. The van der Waals surface area contributed by atoms with Crippen LogP contribution in [0, 0.1) is 6.92 Å². The molecule has 0 saturated carbocycles. The van der Waals surface area contributed by atoms with E-state index < -0.39 is 5.79 Å². The van der Waals surface area contributed by atoms with E-state index in [4.69, 9.17) is 14.2 Å². The highest BCUT2D eigenvalue weighted by Gasteiger charge is 2.41. The van der Waals surface area contributed by atoms with Gasteiger partial charge in [-0.05, 0) is 37.3 Å². The molecule has 1 spiro atoms. The van der Waals surface area contributed by atoms with Crippen molar-refractivity contribution in [3.8, 4) is 22.7 Å². The summed E-state index contributed by atoms with van der Waals surface area (Å²) in [5, 5.41) is 0. The first-order valence-corrected chi connectivity index (χ1v) is 11.1. The molecule has 0 bridgehead atoms. The Balaban J connectivity index is 1.52. The molecule has 2 aliphatic heterocycles. The van der Waals surface area contributed by atoms with Gasteiger partial charge in [0, 0.05) is 42.9 Å². The Morgan fingerprint density at radius 1 is 0.969 bits per heavy atom. The molecule has 0 unspecified atom stereocenters. The normalized spacial score (nSPS) is 17.6. The van der Waals surface area contributed by atoms with Crippen molar-refractivity contribution >= 4 is 5.91 Å². The summed E-state index contributed by atoms with van der Waals surface area (Å²) in [6.45, 7) is 4.54. The monoisotopic (exact) mass is 432 g/mol. The minimum absolute atomic E-state index is 0.0502. The standard InChI is InChI=1S/C26H28N2O4/c1-19-23(25(29)27-13-11-26(12-14-27)31-15-16-32-26)18-24(20-7-6-10-22(17-20)30-2)28(19)21-8-4-3-5-9-21/h3-10,17-18H,11-16H2,1-2H3. The van der Waals surface area contributed by atoms with Crippen LogP contribution >= 0.6 is 0 Å². The van der Waals surface area contributed by atoms with Gasteiger partial charge in [0.25, 0.3) is 5.91 Å². The van der Waals surface area contributed by atoms with Crippen molar-refractivity contribution in [1.29, 1.82) is 0 Å². The van der Waals surface area contributed by atoms with Crippen LogP contribution < -0.4 is 4.74 Å². The topological polar surface area (TPSA) is 52.9 Å². The lowest BCUT2D eigenvalue weighted by Crippen LogP contribution is -2.47. The summed E-state index contributed by atoms with van der Waals surface area (Å²) in [4.78, 5) is 15.5. The van der Waals surface area contributed by atoms with Gasteiger partial charge >= 0.3 is 0 Å². The maximum atomic E-state index is 13.6. The van der Waals surface area contributed by atoms with E-state index in [1.807, 2.05) is 60.4 Å². The van der Waals surface area contributed by atoms with Gasteiger partial charge in [-0.3, -0.25) is 4.79 Å². The number of methoxy groups -OCH3 is 1. The fourth-order valence-corrected chi connectivity index (χ4v) is 4.73. The molecule has 3 heterocycles. The molecule has 32 heavy (non-hydrogen) atoms. The Morgan fingerprint density at radius 3 is 2.38 bits per heavy atom. The summed E-state index contributed by atoms with van der Waals surface area (Å²) < 4.78 is 19.2. The number of rotatable bonds is 4. The van der Waals surface area contributed by atoms with Crippen molar-refractivity contribution in [3.63, 3.8) is 0 Å². The zero-order valence-corrected chi connectivity index (χ0v) is 18.5. The van der Waals surface area contributed by atoms with E-state index in [0.717, 1.165) is 34.0 Å². The van der Waals surface area contributed by atoms with Crippen LogP contribution in [0.1, 0.15) is 28.9 Å². The van der Waals surface area contributed by atoms with Crippen molar-refractivity contribution in [2.75, 3.05) is 33.4 Å². The summed E-state index contributed by atoms with van der Waals surface area (Å²) in [6.07, 6.45) is 1.42. The minimum atomic E-state index is -0.493. The molecule has 0 atom stereocenters. The van der Waals surface area contributed by atoms with Gasteiger partial charge in [-0.25, -0.2) is 0 Å². The van der Waals surface area contributed by atoms with E-state index in [1.165, 1.54) is 0 Å². The number of carbonyl (C=O) groups excluding carboxylic acids is 1. The van der Waals surface area contributed by atoms with Gasteiger partial charge in [0.1, 0.15) is 5.75 Å². The van der Waals surface area contributed by atoms with Crippen LogP contribution in [0.15, 0.2) is 60.7 Å². The second-order valence-electron chi connectivity index (χ2n) is 8.33. The number of piperidine rings is 1. The summed E-state index contributed by atoms with van der Waals surface area (Å²) in [5.74, 6) is 0.342. The van der Waals surface area contributed by atoms with Crippen molar-refractivity contribution in [1.82, 2.24) is 9.47 Å². The van der Waals surface area contributed by atoms with E-state index in [1.54, 1.807) is 7.11 Å². The minimum Gasteiger partial charge on any atom is -0.497 e. The van der Waals surface area contributed by atoms with Gasteiger partial charge in [-0.2, -0.15) is 0 Å². The SMILES string of the molecule is COc1cccc(-c2cc(C(=O)N3CCC4(CC3)OCCO4)c(C)n2-c2ccccc2)c1. The fraction of sp³-hybridized carbons (Fsp3) is 0.346. The van der Waals surface area contributed by atoms with Crippen LogP contribution in [0.5, 0.6) is 5.75 Å². The molecular weight excluding hydrogens is 404 g/mol. The zero-order chi connectivity index (χ0) is 22.1. The van der Waals surface area contributed by atoms with E-state index >= 15 is 0 Å². The molecule has 2 fully saturated rings. The molecule has 2 aliphatic rings. The lowest BCUT2D eigenvalue weighted by Gasteiger charge is -2.37. The summed E-state index contributed by atoms with van der Waals surface area (Å²) in [5.41, 5.74) is 4.63. The van der Waals surface area contributed by atoms with Gasteiger partial charge < -0.3 is 23.7 Å². The number of carbonyl (C=O) groups is 1. The number of hydrogen-bond acceptors (Lipinski definition) is 4. The maximum Gasteiger partial charge on any atom is 0.255 e. The largest absolute Gasteiger partial charge is 0.497 e. The number of amides is 1. The summed E-state index contributed by atoms with van der Waals surface area (Å²) >= 11 is 0. The zero-order valence-electron chi connectivity index (χ0n) is 18.5. The average Bonchev–Trinajstić information content (AvgIpc) is 3.44. The molecule has 6 nitrogen and oxygen atoms in total. The first-order valence-electron chi connectivity index (χ1n) is 11.1. The number of ether oxygens (including phenoxy) is 3. The molecule has 3 aromatic rings. The number of nitrogens with zero attached hydrogens (tertiary/aromatic N) is 2. The Morgan fingerprint density at radius 2 is 1.69 bits per heavy atom. The van der Waals surface area contributed by atoms with Gasteiger partial charge in [-0.1, -0.05) is 30.3 Å². The van der Waals surface area contributed by atoms with Crippen LogP contribution in [0.3, 0.4) is 0 Å². The van der Waals surface area contributed by atoms with Crippen molar-refractivity contribution in [2.45, 2.75) is 25.6 Å². The predicted molar refractivity (Wildman–Crippen MR) is 122 cm³/mol. The van der Waals surface area contributed by atoms with E-state index in [2.05, 4.69) is 16.7 Å². The molecule has 5 rings (SSSR count). The lowest BCUT2D eigenvalue weighted by molar-refractivity contribution is -0.181. The van der Waals surface area contributed by atoms with E-state index in [-0.39, 0.29) is 5.91 Å². The van der Waals surface area contributed by atoms with Gasteiger partial charge in [0.15, 0.2) is 5.79 Å². The molecule has 0 aliphatic carbocycles. The number of hydrogen-bond donors (Lipinski definition) is 0. The molecule has 2 saturated heterocycles. The third kappa shape index (κ3) is 3.70. The Kier molecular flexibility index (Phi) is 5.49. The van der Waals surface area contributed by atoms with Crippen LogP contribution in [0.25, 0.3) is 16.9 Å². The van der Waals surface area contributed by atoms with Crippen LogP contribution in [0.4, 0.5) is 0 Å². The third-order valence-electron chi connectivity index (χ3n) is 6.48. The fourth-order valence-electron chi connectivity index (χ4n) is 4.73. The first kappa shape index (κ1) is 20.8. The van der Waals surface area contributed by atoms with Crippen LogP contribution in [-0.4, -0.2) is 54.6 Å². The highest BCUT2D eigenvalue weighted by molar-refractivity contribution is 5.97. The van der Waals surface area contributed by atoms with E-state index in [9.17, 15) is 4.79 Å². The van der Waals surface area contributed by atoms with Crippen molar-refractivity contribution < 1.29 is 19.0 Å². The van der Waals surface area contributed by atoms with Gasteiger partial charge in [0.05, 0.1) is 31.6 Å². The quantitative estimate of drug-likeness (QED) is 0.612. The molecular formula is C26H28N2O4. The molecule has 166 valence electrons. The molecule has 1 amide bonds. The Hall–Kier alpha value is -3.09. The summed E-state index contributed by atoms with van der Waals surface area (Å²) in [7, 11) is 1.66. The predicted octanol–water partition coefficient (Wildman–Crippen LogP) is 4.44. The average molecular weight is 433 g/mol. The second-order valence-corrected chi connectivity index (χ2v) is 8.33. The summed E-state index contributed by atoms with van der Waals surface area (Å²) in [6, 6.07) is 20.1. The van der Waals surface area contributed by atoms with E-state index in [0.29, 0.717) is 39.1 Å². The number of benzene rings is 2. The lowest BCUT2D eigenvalue weighted by atomic mass is 10.0. The molecule has 0 radical (unpaired) electrons. The maximum absolute atomic E-state index is 13.6. The first-order chi connectivity index (χ1) is 15.6. The van der Waals surface area contributed by atoms with Crippen LogP contribution in [0.2, 0.25) is 0 Å². The van der Waals surface area contributed by atoms with Crippen LogP contribution in [-0.2, 0) is 9.47 Å². The smallest absolute Gasteiger partial charge is 0.255 e. The highest BCUT2D eigenvalue weighted by atomic mass is 16.7. The van der Waals surface area contributed by atoms with Crippen molar-refractivity contribution in [2.24, 2.45) is 0 Å². The second kappa shape index (κ2) is 8.45. The van der Waals surface area contributed by atoms with Gasteiger partial charge in [-0.15, -0.1) is 0 Å². The Bertz CT molecular complexity index is 1110. The number of para-hydroxylation sites is 1. The van der Waals surface area contributed by atoms with Crippen molar-refractivity contribution in [3.05, 3.63) is 71.9 Å². The molecule has 6 heteroatoms. The highest BCUT2D eigenvalue weighted by Crippen LogP contribution is 2.34. The molecule has 0 N–H and O–H groups in total. The molecule has 1 aromatic heterocycles. The number of aromatic nitrogens is 1. The Labute approximate surface area is 188 Å². The number of likely N-dealkylation sites (tertiary alicyclic amines) is 1. The third-order valence-corrected chi connectivity index (χ3v) is 6.48. The van der Waals surface area contributed by atoms with Gasteiger partial charge in [0.2, 0.25) is 0 Å².